The quantitative estimate of drug-likeness (QED) is 0.869. The van der Waals surface area contributed by atoms with Gasteiger partial charge in [0.05, 0.1) is 4.90 Å². The highest BCUT2D eigenvalue weighted by Gasteiger charge is 2.15. The molecule has 1 aromatic rings. The highest BCUT2D eigenvalue weighted by atomic mass is 35.5. The van der Waals surface area contributed by atoms with E-state index < -0.39 is 10.0 Å². The Hall–Kier alpha value is -0.0400. The lowest BCUT2D eigenvalue weighted by Gasteiger charge is -2.09. The Labute approximate surface area is 123 Å². The second-order valence-corrected chi connectivity index (χ2v) is 6.41. The Kier molecular flexibility index (Phi) is 7.51. The molecule has 0 saturated carbocycles. The third-order valence-electron chi connectivity index (χ3n) is 2.04. The SMILES string of the molecule is CC(N)CCNS(=O)(=O)c1cc(Cl)cc(Cl)c1.Cl. The summed E-state index contributed by atoms with van der Waals surface area (Å²) >= 11 is 11.5. The van der Waals surface area contributed by atoms with Crippen LogP contribution in [0.1, 0.15) is 13.3 Å². The van der Waals surface area contributed by atoms with Crippen molar-refractivity contribution in [2.45, 2.75) is 24.3 Å². The monoisotopic (exact) mass is 332 g/mol. The molecule has 1 atom stereocenters. The average Bonchev–Trinajstić information content (AvgIpc) is 2.14. The van der Waals surface area contributed by atoms with E-state index in [1.807, 2.05) is 6.92 Å². The third kappa shape index (κ3) is 5.73. The van der Waals surface area contributed by atoms with Gasteiger partial charge in [-0.25, -0.2) is 13.1 Å². The predicted molar refractivity (Wildman–Crippen MR) is 77.2 cm³/mol. The van der Waals surface area contributed by atoms with E-state index in [2.05, 4.69) is 4.72 Å². The van der Waals surface area contributed by atoms with Crippen molar-refractivity contribution in [3.05, 3.63) is 28.2 Å². The van der Waals surface area contributed by atoms with Crippen molar-refractivity contribution in [2.75, 3.05) is 6.54 Å². The standard InChI is InChI=1S/C10H14Cl2N2O2S.ClH/c1-7(13)2-3-14-17(15,16)10-5-8(11)4-9(12)6-10;/h4-7,14H,2-3,13H2,1H3;1H. The molecule has 1 rings (SSSR count). The molecule has 1 aromatic carbocycles. The summed E-state index contributed by atoms with van der Waals surface area (Å²) in [6.45, 7) is 2.09. The van der Waals surface area contributed by atoms with Gasteiger partial charge in [-0.15, -0.1) is 12.4 Å². The van der Waals surface area contributed by atoms with E-state index in [1.165, 1.54) is 18.2 Å². The Morgan fingerprint density at radius 2 is 1.78 bits per heavy atom. The molecule has 0 heterocycles. The van der Waals surface area contributed by atoms with Gasteiger partial charge in [-0.05, 0) is 31.5 Å². The van der Waals surface area contributed by atoms with Gasteiger partial charge in [0.25, 0.3) is 0 Å². The second kappa shape index (κ2) is 7.53. The Morgan fingerprint density at radius 1 is 1.28 bits per heavy atom. The summed E-state index contributed by atoms with van der Waals surface area (Å²) in [5.41, 5.74) is 5.53. The van der Waals surface area contributed by atoms with Crippen LogP contribution < -0.4 is 10.5 Å². The summed E-state index contributed by atoms with van der Waals surface area (Å²) in [6.07, 6.45) is 0.563. The molecule has 0 amide bonds. The largest absolute Gasteiger partial charge is 0.328 e. The van der Waals surface area contributed by atoms with Gasteiger partial charge < -0.3 is 5.73 Å². The smallest absolute Gasteiger partial charge is 0.240 e. The van der Waals surface area contributed by atoms with Crippen molar-refractivity contribution in [1.82, 2.24) is 4.72 Å². The predicted octanol–water partition coefficient (Wildman–Crippen LogP) is 2.43. The molecule has 0 saturated heterocycles. The molecule has 0 aliphatic rings. The summed E-state index contributed by atoms with van der Waals surface area (Å²) in [4.78, 5) is 0.0553. The maximum atomic E-state index is 11.8. The molecular formula is C10H15Cl3N2O2S. The maximum absolute atomic E-state index is 11.8. The van der Waals surface area contributed by atoms with E-state index in [4.69, 9.17) is 28.9 Å². The number of hydrogen-bond donors (Lipinski definition) is 2. The van der Waals surface area contributed by atoms with Gasteiger partial charge in [0, 0.05) is 22.6 Å². The van der Waals surface area contributed by atoms with Gasteiger partial charge in [-0.2, -0.15) is 0 Å². The van der Waals surface area contributed by atoms with Gasteiger partial charge in [0.2, 0.25) is 10.0 Å². The Bertz CT molecular complexity index is 472. The highest BCUT2D eigenvalue weighted by Crippen LogP contribution is 2.22. The van der Waals surface area contributed by atoms with Crippen LogP contribution in [0.3, 0.4) is 0 Å². The maximum Gasteiger partial charge on any atom is 0.240 e. The summed E-state index contributed by atoms with van der Waals surface area (Å²) < 4.78 is 26.1. The van der Waals surface area contributed by atoms with E-state index in [1.54, 1.807) is 0 Å². The van der Waals surface area contributed by atoms with Crippen LogP contribution in [0.4, 0.5) is 0 Å². The van der Waals surface area contributed by atoms with Crippen molar-refractivity contribution < 1.29 is 8.42 Å². The van der Waals surface area contributed by atoms with Gasteiger partial charge >= 0.3 is 0 Å². The van der Waals surface area contributed by atoms with Crippen LogP contribution in [0.2, 0.25) is 10.0 Å². The van der Waals surface area contributed by atoms with Crippen molar-refractivity contribution in [3.8, 4) is 0 Å². The van der Waals surface area contributed by atoms with Gasteiger partial charge in [0.15, 0.2) is 0 Å². The Morgan fingerprint density at radius 3 is 2.22 bits per heavy atom. The molecule has 4 nitrogen and oxygen atoms in total. The molecule has 0 bridgehead atoms. The number of sulfonamides is 1. The lowest BCUT2D eigenvalue weighted by atomic mass is 10.3. The van der Waals surface area contributed by atoms with Crippen LogP contribution in [0.25, 0.3) is 0 Å². The van der Waals surface area contributed by atoms with Crippen molar-refractivity contribution in [3.63, 3.8) is 0 Å². The molecule has 3 N–H and O–H groups in total. The molecular weight excluding hydrogens is 319 g/mol. The minimum Gasteiger partial charge on any atom is -0.328 e. The molecule has 0 fully saturated rings. The first-order valence-electron chi connectivity index (χ1n) is 5.02. The van der Waals surface area contributed by atoms with Gasteiger partial charge in [-0.1, -0.05) is 23.2 Å². The number of benzene rings is 1. The highest BCUT2D eigenvalue weighted by molar-refractivity contribution is 7.89. The second-order valence-electron chi connectivity index (χ2n) is 3.77. The van der Waals surface area contributed by atoms with E-state index >= 15 is 0 Å². The molecule has 0 aromatic heterocycles. The van der Waals surface area contributed by atoms with E-state index in [0.717, 1.165) is 0 Å². The molecule has 0 aliphatic heterocycles. The zero-order valence-electron chi connectivity index (χ0n) is 9.69. The molecule has 0 aliphatic carbocycles. The molecule has 8 heteroatoms. The first-order chi connectivity index (χ1) is 7.81. The van der Waals surface area contributed by atoms with Gasteiger partial charge in [-0.3, -0.25) is 0 Å². The number of halogens is 3. The van der Waals surface area contributed by atoms with Crippen LogP contribution in [0.15, 0.2) is 23.1 Å². The third-order valence-corrected chi connectivity index (χ3v) is 3.92. The molecule has 18 heavy (non-hydrogen) atoms. The van der Waals surface area contributed by atoms with Gasteiger partial charge in [0.1, 0.15) is 0 Å². The summed E-state index contributed by atoms with van der Waals surface area (Å²) in [5.74, 6) is 0. The van der Waals surface area contributed by atoms with Crippen LogP contribution >= 0.6 is 35.6 Å². The first kappa shape index (κ1) is 18.0. The fourth-order valence-electron chi connectivity index (χ4n) is 1.19. The minimum absolute atomic E-state index is 0. The van der Waals surface area contributed by atoms with Crippen molar-refractivity contribution in [2.24, 2.45) is 5.73 Å². The van der Waals surface area contributed by atoms with E-state index in [-0.39, 0.29) is 39.9 Å². The normalized spacial score (nSPS) is 12.9. The number of hydrogen-bond acceptors (Lipinski definition) is 3. The number of nitrogens with two attached hydrogens (primary N) is 1. The first-order valence-corrected chi connectivity index (χ1v) is 7.26. The Balaban J connectivity index is 0.00000289. The lowest BCUT2D eigenvalue weighted by Crippen LogP contribution is -2.29. The number of nitrogens with one attached hydrogen (secondary N) is 1. The zero-order chi connectivity index (χ0) is 13.1. The summed E-state index contributed by atoms with van der Waals surface area (Å²) in [6, 6.07) is 4.12. The van der Waals surface area contributed by atoms with Crippen LogP contribution in [0, 0.1) is 0 Å². The molecule has 1 unspecified atom stereocenters. The fraction of sp³-hybridized carbons (Fsp3) is 0.400. The number of rotatable bonds is 5. The van der Waals surface area contributed by atoms with E-state index in [9.17, 15) is 8.42 Å². The topological polar surface area (TPSA) is 72.2 Å². The van der Waals surface area contributed by atoms with E-state index in [0.29, 0.717) is 6.42 Å². The zero-order valence-corrected chi connectivity index (χ0v) is 12.8. The summed E-state index contributed by atoms with van der Waals surface area (Å²) in [7, 11) is -3.58. The summed E-state index contributed by atoms with van der Waals surface area (Å²) in [5, 5.41) is 0.565. The molecule has 0 radical (unpaired) electrons. The van der Waals surface area contributed by atoms with Crippen LogP contribution in [-0.4, -0.2) is 21.0 Å². The van der Waals surface area contributed by atoms with Crippen molar-refractivity contribution >= 4 is 45.6 Å². The van der Waals surface area contributed by atoms with Crippen LogP contribution in [-0.2, 0) is 10.0 Å². The van der Waals surface area contributed by atoms with Crippen molar-refractivity contribution in [1.29, 1.82) is 0 Å². The van der Waals surface area contributed by atoms with Crippen LogP contribution in [0.5, 0.6) is 0 Å². The lowest BCUT2D eigenvalue weighted by molar-refractivity contribution is 0.572. The minimum atomic E-state index is -3.58. The molecule has 104 valence electrons. The average molecular weight is 334 g/mol. The fourth-order valence-corrected chi connectivity index (χ4v) is 2.96. The molecule has 0 spiro atoms.